The van der Waals surface area contributed by atoms with Gasteiger partial charge in [-0.1, -0.05) is 59.2 Å². The fourth-order valence-electron chi connectivity index (χ4n) is 3.47. The van der Waals surface area contributed by atoms with Gasteiger partial charge in [-0.15, -0.1) is 12.6 Å². The second-order valence-electron chi connectivity index (χ2n) is 8.23. The quantitative estimate of drug-likeness (QED) is 0.133. The average Bonchev–Trinajstić information content (AvgIpc) is 2.92. The van der Waals surface area contributed by atoms with Crippen molar-refractivity contribution in [3.8, 4) is 0 Å². The van der Waals surface area contributed by atoms with Crippen molar-refractivity contribution in [2.75, 3.05) is 0 Å². The zero-order valence-electron chi connectivity index (χ0n) is 20.2. The fraction of sp³-hybridized carbons (Fsp3) is 0. The summed E-state index contributed by atoms with van der Waals surface area (Å²) in [5, 5.41) is 0. The molecule has 0 aliphatic rings. The van der Waals surface area contributed by atoms with Gasteiger partial charge in [0.25, 0.3) is 0 Å². The Morgan fingerprint density at radius 3 is 1.10 bits per heavy atom. The van der Waals surface area contributed by atoms with Crippen LogP contribution in [0.25, 0.3) is 0 Å². The smallest absolute Gasteiger partial charge is 0.138 e. The molecule has 10 heteroatoms. The van der Waals surface area contributed by atoms with Gasteiger partial charge in [-0.05, 0) is 84.9 Å². The predicted molar refractivity (Wildman–Crippen MR) is 156 cm³/mol. The highest BCUT2D eigenvalue weighted by Crippen LogP contribution is 2.39. The first-order valence-corrected chi connectivity index (χ1v) is 15.3. The molecule has 0 nitrogen and oxygen atoms in total. The lowest BCUT2D eigenvalue weighted by Gasteiger charge is -2.09. The molecule has 5 aromatic carbocycles. The van der Waals surface area contributed by atoms with E-state index in [1.165, 1.54) is 36.4 Å². The molecule has 0 heterocycles. The lowest BCUT2D eigenvalue weighted by Crippen LogP contribution is -1.87. The number of benzene rings is 5. The topological polar surface area (TPSA) is 0 Å². The third kappa shape index (κ3) is 7.22. The van der Waals surface area contributed by atoms with Gasteiger partial charge >= 0.3 is 0 Å². The summed E-state index contributed by atoms with van der Waals surface area (Å²) in [6, 6.07) is 24.3. The van der Waals surface area contributed by atoms with Gasteiger partial charge in [-0.2, -0.15) is 0 Å². The van der Waals surface area contributed by atoms with Gasteiger partial charge < -0.3 is 0 Å². The molecule has 40 heavy (non-hydrogen) atoms. The molecule has 0 atom stereocenters. The van der Waals surface area contributed by atoms with Crippen molar-refractivity contribution in [2.45, 2.75) is 44.1 Å². The summed E-state index contributed by atoms with van der Waals surface area (Å²) in [5.41, 5.74) is 0. The second-order valence-corrected chi connectivity index (χ2v) is 13.2. The van der Waals surface area contributed by atoms with E-state index in [9.17, 15) is 22.0 Å². The molecular formula is C30H17F5S5. The third-order valence-corrected chi connectivity index (χ3v) is 9.90. The zero-order valence-corrected chi connectivity index (χ0v) is 24.4. The Morgan fingerprint density at radius 2 is 0.725 bits per heavy atom. The molecule has 202 valence electrons. The monoisotopic (exact) mass is 632 g/mol. The molecule has 5 rings (SSSR count). The summed E-state index contributed by atoms with van der Waals surface area (Å²) in [6.45, 7) is 0. The Bertz CT molecular complexity index is 1690. The summed E-state index contributed by atoms with van der Waals surface area (Å²) < 4.78 is 72.1. The molecule has 0 spiro atoms. The molecule has 0 saturated heterocycles. The van der Waals surface area contributed by atoms with Crippen LogP contribution >= 0.6 is 59.7 Å². The van der Waals surface area contributed by atoms with Crippen LogP contribution in [-0.4, -0.2) is 0 Å². The van der Waals surface area contributed by atoms with Crippen molar-refractivity contribution >= 4 is 59.7 Å². The van der Waals surface area contributed by atoms with Gasteiger partial charge in [-0.25, -0.2) is 22.0 Å². The Morgan fingerprint density at radius 1 is 0.375 bits per heavy atom. The van der Waals surface area contributed by atoms with E-state index in [-0.39, 0.29) is 15.6 Å². The first-order chi connectivity index (χ1) is 19.2. The molecule has 0 aliphatic heterocycles. The highest BCUT2D eigenvalue weighted by atomic mass is 32.2. The molecule has 0 fully saturated rings. The largest absolute Gasteiger partial charge is 0.206 e. The van der Waals surface area contributed by atoms with Crippen molar-refractivity contribution in [1.82, 2.24) is 0 Å². The van der Waals surface area contributed by atoms with E-state index in [2.05, 4.69) is 12.6 Å². The van der Waals surface area contributed by atoms with Gasteiger partial charge in [0.15, 0.2) is 0 Å². The number of hydrogen-bond acceptors (Lipinski definition) is 5. The van der Waals surface area contributed by atoms with Gasteiger partial charge in [0, 0.05) is 44.1 Å². The lowest BCUT2D eigenvalue weighted by atomic mass is 10.3. The molecule has 0 bridgehead atoms. The van der Waals surface area contributed by atoms with E-state index in [0.29, 0.717) is 34.3 Å². The van der Waals surface area contributed by atoms with Crippen molar-refractivity contribution in [2.24, 2.45) is 0 Å². The molecule has 5 aromatic rings. The molecular weight excluding hydrogens is 616 g/mol. The Hall–Kier alpha value is -2.50. The van der Waals surface area contributed by atoms with E-state index >= 15 is 0 Å². The molecule has 0 radical (unpaired) electrons. The van der Waals surface area contributed by atoms with E-state index < -0.39 is 23.3 Å². The first kappa shape index (κ1) is 29.0. The van der Waals surface area contributed by atoms with Crippen LogP contribution in [0.1, 0.15) is 0 Å². The minimum atomic E-state index is -0.525. The summed E-state index contributed by atoms with van der Waals surface area (Å²) in [7, 11) is 0. The Balaban J connectivity index is 1.24. The zero-order chi connectivity index (χ0) is 28.2. The van der Waals surface area contributed by atoms with Crippen LogP contribution < -0.4 is 0 Å². The van der Waals surface area contributed by atoms with Gasteiger partial charge in [-0.3, -0.25) is 0 Å². The predicted octanol–water partition coefficient (Wildman–Crippen LogP) is 11.3. The minimum absolute atomic E-state index is 0.210. The molecule has 0 amide bonds. The van der Waals surface area contributed by atoms with Crippen LogP contribution in [0, 0.1) is 29.1 Å². The Labute approximate surface area is 250 Å². The van der Waals surface area contributed by atoms with Crippen molar-refractivity contribution in [3.05, 3.63) is 126 Å². The maximum atomic E-state index is 14.9. The first-order valence-electron chi connectivity index (χ1n) is 11.6. The lowest BCUT2D eigenvalue weighted by molar-refractivity contribution is 0.593. The second kappa shape index (κ2) is 13.0. The molecule has 0 aliphatic carbocycles. The number of hydrogen-bond donors (Lipinski definition) is 1. The number of thiol groups is 1. The van der Waals surface area contributed by atoms with Crippen LogP contribution in [-0.2, 0) is 0 Å². The van der Waals surface area contributed by atoms with Gasteiger partial charge in [0.05, 0.1) is 0 Å². The Kier molecular flexibility index (Phi) is 9.42. The van der Waals surface area contributed by atoms with Gasteiger partial charge in [0.1, 0.15) is 29.1 Å². The third-order valence-electron chi connectivity index (χ3n) is 5.38. The normalized spacial score (nSPS) is 11.2. The minimum Gasteiger partial charge on any atom is -0.206 e. The van der Waals surface area contributed by atoms with E-state index in [4.69, 9.17) is 0 Å². The van der Waals surface area contributed by atoms with Crippen LogP contribution in [0.2, 0.25) is 0 Å². The summed E-state index contributed by atoms with van der Waals surface area (Å²) in [6.07, 6.45) is 0. The summed E-state index contributed by atoms with van der Waals surface area (Å²) in [4.78, 5) is 3.56. The average molecular weight is 633 g/mol. The van der Waals surface area contributed by atoms with Crippen molar-refractivity contribution < 1.29 is 22.0 Å². The van der Waals surface area contributed by atoms with Crippen LogP contribution in [0.3, 0.4) is 0 Å². The molecule has 0 aromatic heterocycles. The van der Waals surface area contributed by atoms with Gasteiger partial charge in [0.2, 0.25) is 0 Å². The maximum absolute atomic E-state index is 14.9. The highest BCUT2D eigenvalue weighted by molar-refractivity contribution is 8.00. The summed E-state index contributed by atoms with van der Waals surface area (Å²) >= 11 is 8.32. The number of rotatable bonds is 8. The SMILES string of the molecule is Fc1cc(Sc2ccc(Sc3ccc(Sc4ccc(Sc5ccccc5F)cc4F)cc3F)cc2F)ccc1S. The fourth-order valence-corrected chi connectivity index (χ4v) is 7.01. The van der Waals surface area contributed by atoms with E-state index in [0.717, 1.165) is 47.0 Å². The van der Waals surface area contributed by atoms with Crippen LogP contribution in [0.5, 0.6) is 0 Å². The molecule has 0 saturated carbocycles. The van der Waals surface area contributed by atoms with E-state index in [1.54, 1.807) is 60.7 Å². The highest BCUT2D eigenvalue weighted by Gasteiger charge is 2.13. The van der Waals surface area contributed by atoms with Crippen LogP contribution in [0.15, 0.2) is 141 Å². The van der Waals surface area contributed by atoms with E-state index in [1.807, 2.05) is 0 Å². The van der Waals surface area contributed by atoms with Crippen molar-refractivity contribution in [1.29, 1.82) is 0 Å². The molecule has 0 unspecified atom stereocenters. The summed E-state index contributed by atoms with van der Waals surface area (Å²) in [5.74, 6) is -2.40. The maximum Gasteiger partial charge on any atom is 0.138 e. The van der Waals surface area contributed by atoms with Crippen LogP contribution in [0.4, 0.5) is 22.0 Å². The van der Waals surface area contributed by atoms with Crippen molar-refractivity contribution in [3.63, 3.8) is 0 Å². The molecule has 0 N–H and O–H groups in total. The number of halogens is 5. The standard InChI is InChI=1S/C30H17F5S5/c31-21-3-1-2-4-27(21)37-18-6-10-29(23(33)14-18)39-20-8-12-30(25(35)16-20)40-19-7-11-28(24(34)15-19)38-17-5-9-26(36)22(32)13-17/h1-16,36H.